The van der Waals surface area contributed by atoms with Crippen molar-refractivity contribution in [2.45, 2.75) is 13.0 Å². The molecular weight excluding hydrogens is 354 g/mol. The zero-order valence-corrected chi connectivity index (χ0v) is 15.7. The number of ether oxygens (including phenoxy) is 1. The van der Waals surface area contributed by atoms with Crippen LogP contribution in [0.1, 0.15) is 22.3 Å². The quantitative estimate of drug-likeness (QED) is 0.539. The van der Waals surface area contributed by atoms with Crippen molar-refractivity contribution in [1.29, 1.82) is 0 Å². The second kappa shape index (κ2) is 8.24. The molecule has 0 aromatic heterocycles. The average Bonchev–Trinajstić information content (AvgIpc) is 2.72. The second-order valence-corrected chi connectivity index (χ2v) is 6.93. The average molecular weight is 374 g/mol. The van der Waals surface area contributed by atoms with E-state index in [4.69, 9.17) is 21.3 Å². The molecule has 27 heavy (non-hydrogen) atoms. The highest BCUT2D eigenvalue weighted by Gasteiger charge is 2.13. The maximum atomic E-state index is 5.96. The molecule has 3 heteroatoms. The Morgan fingerprint density at radius 3 is 2.56 bits per heavy atom. The van der Waals surface area contributed by atoms with Gasteiger partial charge in [0.25, 0.3) is 0 Å². The van der Waals surface area contributed by atoms with E-state index in [1.807, 2.05) is 48.5 Å². The van der Waals surface area contributed by atoms with Crippen molar-refractivity contribution in [1.82, 2.24) is 0 Å². The van der Waals surface area contributed by atoms with Crippen LogP contribution in [-0.2, 0) is 13.0 Å². The molecule has 134 valence electrons. The molecule has 2 nitrogen and oxygen atoms in total. The standard InChI is InChI=1S/C24H20ClNO/c25-21-9-6-19(7-10-21)17-27-22-11-12-23-20(16-22)14-15-26-24(23)13-8-18-4-2-1-3-5-18/h1-13,16H,14-15,17H2/b13-8+. The van der Waals surface area contributed by atoms with Gasteiger partial charge in [-0.3, -0.25) is 4.99 Å². The van der Waals surface area contributed by atoms with Gasteiger partial charge in [-0.15, -0.1) is 0 Å². The smallest absolute Gasteiger partial charge is 0.120 e. The summed E-state index contributed by atoms with van der Waals surface area (Å²) in [4.78, 5) is 4.69. The lowest BCUT2D eigenvalue weighted by Crippen LogP contribution is -2.11. The first-order valence-electron chi connectivity index (χ1n) is 9.06. The molecule has 0 aliphatic carbocycles. The molecule has 4 rings (SSSR count). The fourth-order valence-electron chi connectivity index (χ4n) is 3.13. The molecule has 0 bridgehead atoms. The molecule has 0 fully saturated rings. The van der Waals surface area contributed by atoms with Crippen LogP contribution in [0.3, 0.4) is 0 Å². The first kappa shape index (κ1) is 17.6. The van der Waals surface area contributed by atoms with Crippen molar-refractivity contribution in [3.63, 3.8) is 0 Å². The van der Waals surface area contributed by atoms with E-state index in [1.54, 1.807) is 0 Å². The molecule has 3 aromatic carbocycles. The number of fused-ring (bicyclic) bond motifs is 1. The Morgan fingerprint density at radius 2 is 1.74 bits per heavy atom. The van der Waals surface area contributed by atoms with Gasteiger partial charge in [-0.2, -0.15) is 0 Å². The Labute approximate surface area is 164 Å². The molecule has 0 spiro atoms. The van der Waals surface area contributed by atoms with Crippen molar-refractivity contribution >= 4 is 23.4 Å². The summed E-state index contributed by atoms with van der Waals surface area (Å²) in [6, 6.07) is 24.3. The molecule has 3 aromatic rings. The fourth-order valence-corrected chi connectivity index (χ4v) is 3.25. The zero-order valence-electron chi connectivity index (χ0n) is 14.9. The van der Waals surface area contributed by atoms with Gasteiger partial charge in [-0.1, -0.05) is 60.1 Å². The third-order valence-electron chi connectivity index (χ3n) is 4.57. The number of nitrogens with zero attached hydrogens (tertiary/aromatic N) is 1. The van der Waals surface area contributed by atoms with E-state index in [9.17, 15) is 0 Å². The van der Waals surface area contributed by atoms with Crippen LogP contribution in [0.4, 0.5) is 0 Å². The van der Waals surface area contributed by atoms with E-state index in [-0.39, 0.29) is 0 Å². The van der Waals surface area contributed by atoms with Crippen molar-refractivity contribution < 1.29 is 4.74 Å². The van der Waals surface area contributed by atoms with Crippen LogP contribution in [-0.4, -0.2) is 12.3 Å². The van der Waals surface area contributed by atoms with Gasteiger partial charge in [0.05, 0.1) is 5.71 Å². The van der Waals surface area contributed by atoms with Gasteiger partial charge in [-0.25, -0.2) is 0 Å². The lowest BCUT2D eigenvalue weighted by molar-refractivity contribution is 0.306. The monoisotopic (exact) mass is 373 g/mol. The van der Waals surface area contributed by atoms with E-state index >= 15 is 0 Å². The molecular formula is C24H20ClNO. The highest BCUT2D eigenvalue weighted by atomic mass is 35.5. The summed E-state index contributed by atoms with van der Waals surface area (Å²) in [6.07, 6.45) is 5.15. The van der Waals surface area contributed by atoms with Crippen LogP contribution < -0.4 is 4.74 Å². The predicted molar refractivity (Wildman–Crippen MR) is 113 cm³/mol. The molecule has 0 saturated carbocycles. The Kier molecular flexibility index (Phi) is 5.36. The van der Waals surface area contributed by atoms with E-state index in [0.29, 0.717) is 6.61 Å². The maximum absolute atomic E-state index is 5.96. The summed E-state index contributed by atoms with van der Waals surface area (Å²) in [5.74, 6) is 0.886. The van der Waals surface area contributed by atoms with Crippen LogP contribution in [0, 0.1) is 0 Å². The molecule has 0 radical (unpaired) electrons. The number of hydrogen-bond donors (Lipinski definition) is 0. The van der Waals surface area contributed by atoms with Crippen molar-refractivity contribution in [3.8, 4) is 5.75 Å². The first-order valence-corrected chi connectivity index (χ1v) is 9.44. The summed E-state index contributed by atoms with van der Waals surface area (Å²) < 4.78 is 5.96. The number of rotatable bonds is 5. The van der Waals surface area contributed by atoms with Crippen LogP contribution in [0.25, 0.3) is 6.08 Å². The topological polar surface area (TPSA) is 21.6 Å². The van der Waals surface area contributed by atoms with E-state index < -0.39 is 0 Å². The van der Waals surface area contributed by atoms with Gasteiger partial charge in [0.1, 0.15) is 12.4 Å². The van der Waals surface area contributed by atoms with Crippen molar-refractivity contribution in [2.75, 3.05) is 6.54 Å². The van der Waals surface area contributed by atoms with Crippen molar-refractivity contribution in [2.24, 2.45) is 4.99 Å². The van der Waals surface area contributed by atoms with Crippen LogP contribution in [0.2, 0.25) is 5.02 Å². The molecule has 0 N–H and O–H groups in total. The fraction of sp³-hybridized carbons (Fsp3) is 0.125. The van der Waals surface area contributed by atoms with Crippen LogP contribution in [0.5, 0.6) is 5.75 Å². The van der Waals surface area contributed by atoms with Gasteiger partial charge in [0.15, 0.2) is 0 Å². The highest BCUT2D eigenvalue weighted by molar-refractivity contribution is 6.30. The second-order valence-electron chi connectivity index (χ2n) is 6.50. The van der Waals surface area contributed by atoms with Crippen LogP contribution in [0.15, 0.2) is 83.9 Å². The van der Waals surface area contributed by atoms with E-state index in [1.165, 1.54) is 16.7 Å². The van der Waals surface area contributed by atoms with Gasteiger partial charge in [0.2, 0.25) is 0 Å². The van der Waals surface area contributed by atoms with E-state index in [0.717, 1.165) is 35.0 Å². The largest absolute Gasteiger partial charge is 0.489 e. The molecule has 1 aliphatic rings. The predicted octanol–water partition coefficient (Wildman–Crippen LogP) is 5.98. The van der Waals surface area contributed by atoms with E-state index in [2.05, 4.69) is 36.4 Å². The number of allylic oxidation sites excluding steroid dienone is 1. The first-order chi connectivity index (χ1) is 13.3. The number of hydrogen-bond acceptors (Lipinski definition) is 2. The van der Waals surface area contributed by atoms with Gasteiger partial charge >= 0.3 is 0 Å². The summed E-state index contributed by atoms with van der Waals surface area (Å²) in [5.41, 5.74) is 5.78. The normalized spacial score (nSPS) is 13.3. The number of aliphatic imine (C=N–C) groups is 1. The summed E-state index contributed by atoms with van der Waals surface area (Å²) in [5, 5.41) is 0.739. The Balaban J connectivity index is 1.48. The molecule has 1 aliphatic heterocycles. The lowest BCUT2D eigenvalue weighted by atomic mass is 9.96. The number of halogens is 1. The zero-order chi connectivity index (χ0) is 18.5. The molecule has 0 unspecified atom stereocenters. The van der Waals surface area contributed by atoms with Crippen molar-refractivity contribution in [3.05, 3.63) is 106 Å². The Hall–Kier alpha value is -2.84. The minimum Gasteiger partial charge on any atom is -0.489 e. The SMILES string of the molecule is Clc1ccc(COc2ccc3c(c2)CCN=C3/C=C/c2ccccc2)cc1. The third-order valence-corrected chi connectivity index (χ3v) is 4.82. The summed E-state index contributed by atoms with van der Waals surface area (Å²) >= 11 is 5.93. The van der Waals surface area contributed by atoms with Gasteiger partial charge < -0.3 is 4.74 Å². The van der Waals surface area contributed by atoms with Gasteiger partial charge in [-0.05, 0) is 59.5 Å². The third kappa shape index (κ3) is 4.47. The number of benzene rings is 3. The molecule has 0 saturated heterocycles. The summed E-state index contributed by atoms with van der Waals surface area (Å²) in [7, 11) is 0. The Morgan fingerprint density at radius 1 is 0.926 bits per heavy atom. The highest BCUT2D eigenvalue weighted by Crippen LogP contribution is 2.24. The minimum atomic E-state index is 0.533. The minimum absolute atomic E-state index is 0.533. The van der Waals surface area contributed by atoms with Crippen LogP contribution >= 0.6 is 11.6 Å². The molecule has 1 heterocycles. The van der Waals surface area contributed by atoms with Gasteiger partial charge in [0, 0.05) is 17.1 Å². The Bertz CT molecular complexity index is 975. The summed E-state index contributed by atoms with van der Waals surface area (Å²) in [6.45, 7) is 1.34. The molecule has 0 amide bonds. The maximum Gasteiger partial charge on any atom is 0.120 e. The lowest BCUT2D eigenvalue weighted by Gasteiger charge is -2.16. The molecule has 0 atom stereocenters.